The van der Waals surface area contributed by atoms with E-state index in [1.54, 1.807) is 0 Å². The van der Waals surface area contributed by atoms with Crippen LogP contribution in [0.3, 0.4) is 0 Å². The minimum Gasteiger partial charge on any atom is -0.376 e. The van der Waals surface area contributed by atoms with Crippen molar-refractivity contribution in [3.63, 3.8) is 0 Å². The molecule has 0 aromatic heterocycles. The molecule has 1 fully saturated rings. The van der Waals surface area contributed by atoms with Crippen molar-refractivity contribution in [3.8, 4) is 0 Å². The zero-order chi connectivity index (χ0) is 15.7. The normalized spacial score (nSPS) is 19.8. The molecule has 0 saturated carbocycles. The van der Waals surface area contributed by atoms with Crippen LogP contribution < -0.4 is 10.6 Å². The fourth-order valence-corrected chi connectivity index (χ4v) is 2.74. The molecule has 0 amide bonds. The molecule has 0 bridgehead atoms. The lowest BCUT2D eigenvalue weighted by Gasteiger charge is -2.30. The highest BCUT2D eigenvalue weighted by Crippen LogP contribution is 2.11. The summed E-state index contributed by atoms with van der Waals surface area (Å²) in [6.45, 7) is 15.6. The number of rotatable bonds is 8. The maximum absolute atomic E-state index is 5.62. The van der Waals surface area contributed by atoms with Gasteiger partial charge in [-0.05, 0) is 47.5 Å². The molecule has 1 aliphatic heterocycles. The van der Waals surface area contributed by atoms with E-state index in [1.165, 1.54) is 6.42 Å². The Hall–Kier alpha value is -0.810. The average molecular weight is 298 g/mol. The second-order valence-corrected chi connectivity index (χ2v) is 6.21. The van der Waals surface area contributed by atoms with E-state index < -0.39 is 0 Å². The molecule has 0 aliphatic carbocycles. The van der Waals surface area contributed by atoms with Crippen LogP contribution in [0.15, 0.2) is 4.99 Å². The molecule has 1 saturated heterocycles. The fraction of sp³-hybridized carbons (Fsp3) is 0.938. The van der Waals surface area contributed by atoms with Crippen LogP contribution >= 0.6 is 0 Å². The summed E-state index contributed by atoms with van der Waals surface area (Å²) < 4.78 is 5.62. The van der Waals surface area contributed by atoms with E-state index in [0.717, 1.165) is 45.2 Å². The van der Waals surface area contributed by atoms with Crippen LogP contribution in [0.4, 0.5) is 0 Å². The van der Waals surface area contributed by atoms with Crippen LogP contribution in [0, 0.1) is 0 Å². The van der Waals surface area contributed by atoms with E-state index in [4.69, 9.17) is 4.74 Å². The largest absolute Gasteiger partial charge is 0.376 e. The Balaban J connectivity index is 2.37. The molecule has 0 aromatic carbocycles. The van der Waals surface area contributed by atoms with Crippen molar-refractivity contribution in [2.24, 2.45) is 4.99 Å². The zero-order valence-corrected chi connectivity index (χ0v) is 14.5. The third-order valence-electron chi connectivity index (χ3n) is 3.81. The topological polar surface area (TPSA) is 48.9 Å². The van der Waals surface area contributed by atoms with Crippen molar-refractivity contribution in [2.45, 2.75) is 65.6 Å². The molecule has 21 heavy (non-hydrogen) atoms. The molecule has 5 heteroatoms. The average Bonchev–Trinajstić information content (AvgIpc) is 2.93. The highest BCUT2D eigenvalue weighted by atomic mass is 16.5. The maximum Gasteiger partial charge on any atom is 0.191 e. The number of aliphatic imine (C=N–C) groups is 1. The zero-order valence-electron chi connectivity index (χ0n) is 14.5. The lowest BCUT2D eigenvalue weighted by atomic mass is 10.2. The number of nitrogens with zero attached hydrogens (tertiary/aromatic N) is 2. The Labute approximate surface area is 130 Å². The van der Waals surface area contributed by atoms with Gasteiger partial charge in [-0.2, -0.15) is 0 Å². The van der Waals surface area contributed by atoms with Crippen LogP contribution in [0.2, 0.25) is 0 Å². The monoisotopic (exact) mass is 298 g/mol. The van der Waals surface area contributed by atoms with Crippen molar-refractivity contribution in [1.29, 1.82) is 0 Å². The van der Waals surface area contributed by atoms with E-state index in [2.05, 4.69) is 55.1 Å². The summed E-state index contributed by atoms with van der Waals surface area (Å²) in [5.41, 5.74) is 0. The number of ether oxygens (including phenoxy) is 1. The van der Waals surface area contributed by atoms with E-state index in [-0.39, 0.29) is 0 Å². The standard InChI is InChI=1S/C16H34N4O/c1-6-17-16(19-12-15-8-7-11-21-15)18-9-10-20(13(2)3)14(4)5/h13-15H,6-12H2,1-5H3,(H2,17,18,19). The molecule has 1 unspecified atom stereocenters. The number of hydrogen-bond donors (Lipinski definition) is 2. The van der Waals surface area contributed by atoms with Gasteiger partial charge in [-0.3, -0.25) is 9.89 Å². The van der Waals surface area contributed by atoms with Gasteiger partial charge >= 0.3 is 0 Å². The minimum atomic E-state index is 0.309. The first-order valence-electron chi connectivity index (χ1n) is 8.44. The summed E-state index contributed by atoms with van der Waals surface area (Å²) in [7, 11) is 0. The SMILES string of the molecule is CCNC(=NCC1CCCO1)NCCN(C(C)C)C(C)C. The van der Waals surface area contributed by atoms with Gasteiger partial charge in [0.25, 0.3) is 0 Å². The van der Waals surface area contributed by atoms with Gasteiger partial charge in [-0.15, -0.1) is 0 Å². The van der Waals surface area contributed by atoms with Gasteiger partial charge in [-0.1, -0.05) is 0 Å². The summed E-state index contributed by atoms with van der Waals surface area (Å²) in [5, 5.41) is 6.73. The quantitative estimate of drug-likeness (QED) is 0.530. The second-order valence-electron chi connectivity index (χ2n) is 6.21. The minimum absolute atomic E-state index is 0.309. The molecule has 2 N–H and O–H groups in total. The first kappa shape index (κ1) is 18.2. The Morgan fingerprint density at radius 1 is 1.24 bits per heavy atom. The Morgan fingerprint density at radius 2 is 1.95 bits per heavy atom. The molecule has 1 rings (SSSR count). The molecule has 124 valence electrons. The van der Waals surface area contributed by atoms with Gasteiger partial charge in [0, 0.05) is 38.3 Å². The van der Waals surface area contributed by atoms with Crippen molar-refractivity contribution in [3.05, 3.63) is 0 Å². The van der Waals surface area contributed by atoms with Gasteiger partial charge < -0.3 is 15.4 Å². The summed E-state index contributed by atoms with van der Waals surface area (Å²) >= 11 is 0. The van der Waals surface area contributed by atoms with Crippen molar-refractivity contribution < 1.29 is 4.74 Å². The van der Waals surface area contributed by atoms with Crippen LogP contribution in [0.25, 0.3) is 0 Å². The lowest BCUT2D eigenvalue weighted by Crippen LogP contribution is -2.45. The molecule has 0 spiro atoms. The number of hydrogen-bond acceptors (Lipinski definition) is 3. The summed E-state index contributed by atoms with van der Waals surface area (Å²) in [6, 6.07) is 1.14. The number of guanidine groups is 1. The molecule has 1 heterocycles. The highest BCUT2D eigenvalue weighted by molar-refractivity contribution is 5.79. The van der Waals surface area contributed by atoms with Crippen molar-refractivity contribution >= 4 is 5.96 Å². The van der Waals surface area contributed by atoms with Gasteiger partial charge in [0.2, 0.25) is 0 Å². The van der Waals surface area contributed by atoms with Crippen LogP contribution in [-0.4, -0.2) is 61.8 Å². The van der Waals surface area contributed by atoms with E-state index in [9.17, 15) is 0 Å². The van der Waals surface area contributed by atoms with Crippen molar-refractivity contribution in [1.82, 2.24) is 15.5 Å². The van der Waals surface area contributed by atoms with Gasteiger partial charge in [-0.25, -0.2) is 0 Å². The first-order chi connectivity index (χ1) is 10.0. The summed E-state index contributed by atoms with van der Waals surface area (Å²) in [4.78, 5) is 7.12. The predicted molar refractivity (Wildman–Crippen MR) is 89.9 cm³/mol. The van der Waals surface area contributed by atoms with Crippen LogP contribution in [-0.2, 0) is 4.74 Å². The van der Waals surface area contributed by atoms with Crippen LogP contribution in [0.1, 0.15) is 47.5 Å². The Kier molecular flexibility index (Phi) is 8.69. The van der Waals surface area contributed by atoms with Gasteiger partial charge in [0.1, 0.15) is 0 Å². The van der Waals surface area contributed by atoms with E-state index in [1.807, 2.05) is 0 Å². The summed E-state index contributed by atoms with van der Waals surface area (Å²) in [6.07, 6.45) is 2.61. The highest BCUT2D eigenvalue weighted by Gasteiger charge is 2.15. The van der Waals surface area contributed by atoms with Crippen LogP contribution in [0.5, 0.6) is 0 Å². The molecule has 0 radical (unpaired) electrons. The van der Waals surface area contributed by atoms with E-state index >= 15 is 0 Å². The third kappa shape index (κ3) is 7.14. The third-order valence-corrected chi connectivity index (χ3v) is 3.81. The lowest BCUT2D eigenvalue weighted by molar-refractivity contribution is 0.117. The smallest absolute Gasteiger partial charge is 0.191 e. The maximum atomic E-state index is 5.62. The fourth-order valence-electron chi connectivity index (χ4n) is 2.74. The molecule has 0 aromatic rings. The second kappa shape index (κ2) is 10.0. The Morgan fingerprint density at radius 3 is 2.48 bits per heavy atom. The molecule has 5 nitrogen and oxygen atoms in total. The molecular formula is C16H34N4O. The van der Waals surface area contributed by atoms with Crippen molar-refractivity contribution in [2.75, 3.05) is 32.8 Å². The van der Waals surface area contributed by atoms with Gasteiger partial charge in [0.05, 0.1) is 12.6 Å². The predicted octanol–water partition coefficient (Wildman–Crippen LogP) is 1.84. The van der Waals surface area contributed by atoms with Gasteiger partial charge in [0.15, 0.2) is 5.96 Å². The molecule has 1 aliphatic rings. The Bertz CT molecular complexity index is 291. The number of nitrogens with one attached hydrogen (secondary N) is 2. The van der Waals surface area contributed by atoms with E-state index in [0.29, 0.717) is 18.2 Å². The summed E-state index contributed by atoms with van der Waals surface area (Å²) in [5.74, 6) is 0.903. The molecule has 1 atom stereocenters. The first-order valence-corrected chi connectivity index (χ1v) is 8.44. The molecular weight excluding hydrogens is 264 g/mol.